The van der Waals surface area contributed by atoms with Gasteiger partial charge in [0.25, 0.3) is 15.7 Å². The summed E-state index contributed by atoms with van der Waals surface area (Å²) in [5.74, 6) is 0.414. The zero-order valence-electron chi connectivity index (χ0n) is 13.6. The largest absolute Gasteiger partial charge is 0.495 e. The van der Waals surface area contributed by atoms with Crippen LogP contribution in [0.2, 0.25) is 5.02 Å². The summed E-state index contributed by atoms with van der Waals surface area (Å²) in [5.41, 5.74) is -0.392. The van der Waals surface area contributed by atoms with Gasteiger partial charge in [-0.1, -0.05) is 23.7 Å². The fraction of sp³-hybridized carbons (Fsp3) is 0.200. The lowest BCUT2D eigenvalue weighted by molar-refractivity contribution is -0.387. The number of para-hydroxylation sites is 1. The van der Waals surface area contributed by atoms with Crippen LogP contribution in [0.25, 0.3) is 0 Å². The maximum atomic E-state index is 12.9. The van der Waals surface area contributed by atoms with Crippen molar-refractivity contribution in [2.45, 2.75) is 4.90 Å². The zero-order valence-corrected chi connectivity index (χ0v) is 15.2. The smallest absolute Gasteiger partial charge is 0.289 e. The van der Waals surface area contributed by atoms with Crippen molar-refractivity contribution < 1.29 is 22.8 Å². The number of nitro benzene ring substituents is 1. The average molecular weight is 387 g/mol. The Morgan fingerprint density at radius 1 is 1.12 bits per heavy atom. The zero-order chi connectivity index (χ0) is 18.8. The Morgan fingerprint density at radius 3 is 2.28 bits per heavy atom. The van der Waals surface area contributed by atoms with Crippen molar-refractivity contribution in [2.75, 3.05) is 25.6 Å². The number of hydrogen-bond donors (Lipinski definition) is 0. The first-order valence-electron chi connectivity index (χ1n) is 6.88. The standard InChI is InChI=1S/C15H15ClN2O6S/c1-17(12-9-13(23-2)10(16)8-14(12)24-3)25(21,22)15-7-5-4-6-11(15)18(19)20/h4-9H,1-3H3. The summed E-state index contributed by atoms with van der Waals surface area (Å²) in [5, 5.41) is 11.4. The van der Waals surface area contributed by atoms with Gasteiger partial charge in [-0.25, -0.2) is 8.42 Å². The minimum absolute atomic E-state index is 0.127. The van der Waals surface area contributed by atoms with Crippen molar-refractivity contribution in [1.82, 2.24) is 0 Å². The topological polar surface area (TPSA) is 99.0 Å². The third kappa shape index (κ3) is 3.47. The third-order valence-electron chi connectivity index (χ3n) is 3.49. The van der Waals surface area contributed by atoms with Crippen LogP contribution in [-0.4, -0.2) is 34.6 Å². The van der Waals surface area contributed by atoms with Gasteiger partial charge in [0, 0.05) is 25.2 Å². The quantitative estimate of drug-likeness (QED) is 0.558. The normalized spacial score (nSPS) is 11.0. The van der Waals surface area contributed by atoms with E-state index in [1.54, 1.807) is 0 Å². The lowest BCUT2D eigenvalue weighted by atomic mass is 10.2. The number of nitrogens with zero attached hydrogens (tertiary/aromatic N) is 2. The first-order valence-corrected chi connectivity index (χ1v) is 8.69. The van der Waals surface area contributed by atoms with E-state index in [-0.39, 0.29) is 22.2 Å². The first-order chi connectivity index (χ1) is 11.7. The van der Waals surface area contributed by atoms with Crippen molar-refractivity contribution in [3.8, 4) is 11.5 Å². The third-order valence-corrected chi connectivity index (χ3v) is 5.61. The van der Waals surface area contributed by atoms with Crippen LogP contribution in [0.4, 0.5) is 11.4 Å². The highest BCUT2D eigenvalue weighted by atomic mass is 35.5. The molecule has 2 aromatic rings. The number of benzene rings is 2. The Bertz CT molecular complexity index is 916. The van der Waals surface area contributed by atoms with Crippen molar-refractivity contribution in [3.63, 3.8) is 0 Å². The highest BCUT2D eigenvalue weighted by Crippen LogP contribution is 2.40. The van der Waals surface area contributed by atoms with Crippen LogP contribution in [0, 0.1) is 10.1 Å². The molecule has 25 heavy (non-hydrogen) atoms. The fourth-order valence-electron chi connectivity index (χ4n) is 2.19. The lowest BCUT2D eigenvalue weighted by Gasteiger charge is -2.22. The minimum atomic E-state index is -4.23. The van der Waals surface area contributed by atoms with Gasteiger partial charge in [-0.2, -0.15) is 0 Å². The SMILES string of the molecule is COc1cc(N(C)S(=O)(=O)c2ccccc2[N+](=O)[O-])c(OC)cc1Cl. The highest BCUT2D eigenvalue weighted by molar-refractivity contribution is 7.93. The van der Waals surface area contributed by atoms with E-state index in [0.29, 0.717) is 0 Å². The summed E-state index contributed by atoms with van der Waals surface area (Å²) in [4.78, 5) is 9.97. The van der Waals surface area contributed by atoms with Gasteiger partial charge in [0.2, 0.25) is 0 Å². The number of hydrogen-bond acceptors (Lipinski definition) is 6. The molecule has 0 spiro atoms. The molecule has 0 aliphatic carbocycles. The minimum Gasteiger partial charge on any atom is -0.495 e. The van der Waals surface area contributed by atoms with Gasteiger partial charge in [-0.15, -0.1) is 0 Å². The molecule has 2 aromatic carbocycles. The van der Waals surface area contributed by atoms with Crippen LogP contribution in [0.1, 0.15) is 0 Å². The predicted molar refractivity (Wildman–Crippen MR) is 93.2 cm³/mol. The van der Waals surface area contributed by atoms with Crippen LogP contribution in [0.15, 0.2) is 41.3 Å². The molecule has 0 saturated heterocycles. The summed E-state index contributed by atoms with van der Waals surface area (Å²) in [6.07, 6.45) is 0. The number of methoxy groups -OCH3 is 2. The van der Waals surface area contributed by atoms with Gasteiger partial charge >= 0.3 is 0 Å². The van der Waals surface area contributed by atoms with Gasteiger partial charge in [0.15, 0.2) is 4.90 Å². The molecule has 0 aliphatic rings. The van der Waals surface area contributed by atoms with E-state index in [1.807, 2.05) is 0 Å². The summed E-state index contributed by atoms with van der Waals surface area (Å²) in [7, 11) is -0.227. The summed E-state index contributed by atoms with van der Waals surface area (Å²) in [6.45, 7) is 0. The van der Waals surface area contributed by atoms with E-state index in [1.165, 1.54) is 51.6 Å². The van der Waals surface area contributed by atoms with E-state index in [4.69, 9.17) is 21.1 Å². The number of halogens is 1. The van der Waals surface area contributed by atoms with Gasteiger partial charge < -0.3 is 9.47 Å². The molecule has 0 fully saturated rings. The second kappa shape index (κ2) is 7.16. The van der Waals surface area contributed by atoms with Gasteiger partial charge in [0.1, 0.15) is 11.5 Å². The molecule has 0 saturated carbocycles. The van der Waals surface area contributed by atoms with Gasteiger partial charge in [-0.05, 0) is 6.07 Å². The first kappa shape index (κ1) is 18.8. The van der Waals surface area contributed by atoms with Crippen LogP contribution in [-0.2, 0) is 10.0 Å². The second-order valence-electron chi connectivity index (χ2n) is 4.86. The number of rotatable bonds is 6. The Balaban J connectivity index is 2.64. The van der Waals surface area contributed by atoms with Crippen molar-refractivity contribution in [3.05, 3.63) is 51.5 Å². The van der Waals surface area contributed by atoms with E-state index >= 15 is 0 Å². The van der Waals surface area contributed by atoms with Crippen molar-refractivity contribution >= 4 is 33.0 Å². The van der Waals surface area contributed by atoms with E-state index < -0.39 is 25.5 Å². The van der Waals surface area contributed by atoms with Crippen molar-refractivity contribution in [2.24, 2.45) is 0 Å². The molecule has 0 aliphatic heterocycles. The summed E-state index contributed by atoms with van der Waals surface area (Å²) >= 11 is 6.02. The van der Waals surface area contributed by atoms with E-state index in [2.05, 4.69) is 0 Å². The maximum Gasteiger partial charge on any atom is 0.289 e. The molecule has 0 radical (unpaired) electrons. The molecule has 10 heteroatoms. The van der Waals surface area contributed by atoms with Gasteiger partial charge in [0.05, 0.1) is 29.9 Å². The number of ether oxygens (including phenoxy) is 2. The molecule has 0 aromatic heterocycles. The van der Waals surface area contributed by atoms with E-state index in [0.717, 1.165) is 10.4 Å². The molecular formula is C15H15ClN2O6S. The molecule has 134 valence electrons. The highest BCUT2D eigenvalue weighted by Gasteiger charge is 2.31. The number of anilines is 1. The second-order valence-corrected chi connectivity index (χ2v) is 7.20. The lowest BCUT2D eigenvalue weighted by Crippen LogP contribution is -2.27. The van der Waals surface area contributed by atoms with Crippen molar-refractivity contribution in [1.29, 1.82) is 0 Å². The maximum absolute atomic E-state index is 12.9. The Hall–Kier alpha value is -2.52. The fourth-order valence-corrected chi connectivity index (χ4v) is 3.78. The predicted octanol–water partition coefficient (Wildman–Crippen LogP) is 3.09. The van der Waals surface area contributed by atoms with Crippen LogP contribution in [0.3, 0.4) is 0 Å². The molecule has 0 N–H and O–H groups in total. The van der Waals surface area contributed by atoms with Gasteiger partial charge in [-0.3, -0.25) is 14.4 Å². The Morgan fingerprint density at radius 2 is 1.72 bits per heavy atom. The van der Waals surface area contributed by atoms with E-state index in [9.17, 15) is 18.5 Å². The molecule has 8 nitrogen and oxygen atoms in total. The number of sulfonamides is 1. The number of nitro groups is 1. The van der Waals surface area contributed by atoms with Crippen LogP contribution >= 0.6 is 11.6 Å². The molecule has 0 atom stereocenters. The Kier molecular flexibility index (Phi) is 5.39. The Labute approximate surface area is 149 Å². The monoisotopic (exact) mass is 386 g/mol. The molecular weight excluding hydrogens is 372 g/mol. The molecule has 0 bridgehead atoms. The van der Waals surface area contributed by atoms with Crippen LogP contribution < -0.4 is 13.8 Å². The molecule has 0 amide bonds. The summed E-state index contributed by atoms with van der Waals surface area (Å²) < 4.78 is 37.0. The molecule has 2 rings (SSSR count). The average Bonchev–Trinajstić information content (AvgIpc) is 2.60. The summed E-state index contributed by atoms with van der Waals surface area (Å²) in [6, 6.07) is 7.88. The molecule has 0 heterocycles. The molecule has 0 unspecified atom stereocenters. The van der Waals surface area contributed by atoms with Crippen LogP contribution in [0.5, 0.6) is 11.5 Å².